The maximum Gasteiger partial charge on any atom is 0.248 e. The lowest BCUT2D eigenvalue weighted by Crippen LogP contribution is -2.56. The minimum Gasteiger partial charge on any atom is -0.394 e. The number of aliphatic hydroxyl groups is 1. The molecule has 2 bridgehead atoms. The summed E-state index contributed by atoms with van der Waals surface area (Å²) < 4.78 is -1.24. The Labute approximate surface area is 232 Å². The standard InChI is InChI=1S/C29H34ClN3O4S/c1-17(2)21(16-34)33-24(26(36)32-20-12-8-7-11-19(20)30)29-14-13-28(3,38-29)22(23(29)27(33)37)25(35)31-15-18-9-5-4-6-10-18/h4-12,17,21-24,34H,13-16H2,1-3H3,(H,31,35)(H,32,36)/t21-,22+,23-,24?,28-,29?/m0/s1. The number of hydrogen-bond donors (Lipinski definition) is 3. The molecule has 9 heteroatoms. The molecule has 0 aromatic heterocycles. The zero-order valence-electron chi connectivity index (χ0n) is 21.8. The third kappa shape index (κ3) is 4.31. The fourth-order valence-corrected chi connectivity index (χ4v) is 9.23. The van der Waals surface area contributed by atoms with E-state index in [1.165, 1.54) is 0 Å². The predicted molar refractivity (Wildman–Crippen MR) is 150 cm³/mol. The van der Waals surface area contributed by atoms with Gasteiger partial charge in [-0.1, -0.05) is 67.9 Å². The molecule has 3 heterocycles. The first kappa shape index (κ1) is 27.0. The Hall–Kier alpha value is -2.55. The van der Waals surface area contributed by atoms with Gasteiger partial charge in [0.1, 0.15) is 6.04 Å². The Bertz CT molecular complexity index is 1240. The second-order valence-corrected chi connectivity index (χ2v) is 13.4. The molecule has 2 aromatic carbocycles. The fraction of sp³-hybridized carbons (Fsp3) is 0.483. The van der Waals surface area contributed by atoms with Gasteiger partial charge in [-0.2, -0.15) is 0 Å². The Balaban J connectivity index is 1.51. The van der Waals surface area contributed by atoms with Crippen LogP contribution in [0.1, 0.15) is 39.2 Å². The first-order valence-electron chi connectivity index (χ1n) is 13.1. The van der Waals surface area contributed by atoms with Crippen molar-refractivity contribution in [1.82, 2.24) is 10.2 Å². The summed E-state index contributed by atoms with van der Waals surface area (Å²) in [5.41, 5.74) is 1.45. The van der Waals surface area contributed by atoms with Crippen LogP contribution in [0.25, 0.3) is 0 Å². The molecule has 5 rings (SSSR count). The second-order valence-electron chi connectivity index (χ2n) is 11.1. The van der Waals surface area contributed by atoms with Crippen LogP contribution in [0.3, 0.4) is 0 Å². The molecule has 7 nitrogen and oxygen atoms in total. The summed E-state index contributed by atoms with van der Waals surface area (Å²) in [4.78, 5) is 43.6. The number of benzene rings is 2. The number of aliphatic hydroxyl groups excluding tert-OH is 1. The maximum absolute atomic E-state index is 14.3. The molecule has 3 aliphatic heterocycles. The van der Waals surface area contributed by atoms with Crippen LogP contribution in [0, 0.1) is 17.8 Å². The van der Waals surface area contributed by atoms with Gasteiger partial charge in [-0.05, 0) is 43.4 Å². The number of rotatable bonds is 8. The fourth-order valence-electron chi connectivity index (χ4n) is 6.70. The number of nitrogens with zero attached hydrogens (tertiary/aromatic N) is 1. The summed E-state index contributed by atoms with van der Waals surface area (Å²) in [5, 5.41) is 16.8. The number of fused-ring (bicyclic) bond motifs is 1. The van der Waals surface area contributed by atoms with Gasteiger partial charge in [-0.15, -0.1) is 11.8 Å². The van der Waals surface area contributed by atoms with Gasteiger partial charge in [0.15, 0.2) is 0 Å². The summed E-state index contributed by atoms with van der Waals surface area (Å²) in [7, 11) is 0. The molecule has 1 spiro atoms. The van der Waals surface area contributed by atoms with E-state index in [1.807, 2.05) is 51.1 Å². The maximum atomic E-state index is 14.3. The number of carbonyl (C=O) groups is 3. The predicted octanol–water partition coefficient (Wildman–Crippen LogP) is 4.09. The highest BCUT2D eigenvalue weighted by Crippen LogP contribution is 2.71. The molecule has 0 radical (unpaired) electrons. The number of anilines is 1. The molecule has 3 aliphatic rings. The lowest BCUT2D eigenvalue weighted by molar-refractivity contribution is -0.143. The van der Waals surface area contributed by atoms with Crippen molar-refractivity contribution in [3.63, 3.8) is 0 Å². The summed E-state index contributed by atoms with van der Waals surface area (Å²) in [6.45, 7) is 6.01. The number of para-hydroxylation sites is 1. The number of halogens is 1. The van der Waals surface area contributed by atoms with Crippen molar-refractivity contribution in [2.75, 3.05) is 11.9 Å². The lowest BCUT2D eigenvalue weighted by Gasteiger charge is -2.38. The van der Waals surface area contributed by atoms with Gasteiger partial charge in [0.2, 0.25) is 17.7 Å². The van der Waals surface area contributed by atoms with E-state index < -0.39 is 33.4 Å². The van der Waals surface area contributed by atoms with Crippen molar-refractivity contribution in [2.45, 2.75) is 61.7 Å². The molecule has 202 valence electrons. The molecule has 38 heavy (non-hydrogen) atoms. The van der Waals surface area contributed by atoms with Crippen molar-refractivity contribution in [3.05, 3.63) is 65.2 Å². The number of carbonyl (C=O) groups excluding carboxylic acids is 3. The molecular formula is C29H34ClN3O4S. The van der Waals surface area contributed by atoms with Crippen LogP contribution >= 0.6 is 23.4 Å². The summed E-state index contributed by atoms with van der Waals surface area (Å²) in [5.74, 6) is -2.05. The van der Waals surface area contributed by atoms with Gasteiger partial charge in [0.25, 0.3) is 0 Å². The number of likely N-dealkylation sites (tertiary alicyclic amines) is 1. The Morgan fingerprint density at radius 2 is 1.79 bits per heavy atom. The highest BCUT2D eigenvalue weighted by atomic mass is 35.5. The number of thioether (sulfide) groups is 1. The number of amides is 3. The summed E-state index contributed by atoms with van der Waals surface area (Å²) >= 11 is 7.96. The van der Waals surface area contributed by atoms with Crippen LogP contribution in [0.2, 0.25) is 5.02 Å². The Morgan fingerprint density at radius 3 is 2.45 bits per heavy atom. The largest absolute Gasteiger partial charge is 0.394 e. The van der Waals surface area contributed by atoms with E-state index in [0.717, 1.165) is 12.0 Å². The summed E-state index contributed by atoms with van der Waals surface area (Å²) in [6, 6.07) is 15.3. The van der Waals surface area contributed by atoms with Crippen molar-refractivity contribution < 1.29 is 19.5 Å². The Morgan fingerprint density at radius 1 is 1.11 bits per heavy atom. The van der Waals surface area contributed by atoms with Crippen molar-refractivity contribution in [3.8, 4) is 0 Å². The van der Waals surface area contributed by atoms with Crippen molar-refractivity contribution in [2.24, 2.45) is 17.8 Å². The molecule has 3 amide bonds. The molecule has 3 saturated heterocycles. The Kier molecular flexibility index (Phi) is 7.26. The monoisotopic (exact) mass is 555 g/mol. The van der Waals surface area contributed by atoms with E-state index in [-0.39, 0.29) is 30.2 Å². The molecular weight excluding hydrogens is 522 g/mol. The van der Waals surface area contributed by atoms with E-state index >= 15 is 0 Å². The summed E-state index contributed by atoms with van der Waals surface area (Å²) in [6.07, 6.45) is 1.36. The SMILES string of the molecule is CC(C)[C@H](CO)N1C(=O)[C@@H]2[C@H](C(=O)NCc3ccccc3)[C@]3(C)CCC2(S3)C1C(=O)Nc1ccccc1Cl. The third-order valence-electron chi connectivity index (χ3n) is 8.50. The molecule has 0 saturated carbocycles. The van der Waals surface area contributed by atoms with Crippen LogP contribution in [0.4, 0.5) is 5.69 Å². The highest BCUT2D eigenvalue weighted by Gasteiger charge is 2.77. The van der Waals surface area contributed by atoms with E-state index in [2.05, 4.69) is 10.6 Å². The molecule has 3 fully saturated rings. The smallest absolute Gasteiger partial charge is 0.248 e. The van der Waals surface area contributed by atoms with Gasteiger partial charge in [0.05, 0.1) is 39.9 Å². The first-order valence-corrected chi connectivity index (χ1v) is 14.3. The quantitative estimate of drug-likeness (QED) is 0.456. The van der Waals surface area contributed by atoms with Crippen LogP contribution in [-0.4, -0.2) is 55.9 Å². The average Bonchev–Trinajstić information content (AvgIpc) is 3.46. The van der Waals surface area contributed by atoms with E-state index in [0.29, 0.717) is 23.7 Å². The van der Waals surface area contributed by atoms with Gasteiger partial charge in [0, 0.05) is 11.3 Å². The highest BCUT2D eigenvalue weighted by molar-refractivity contribution is 8.02. The van der Waals surface area contributed by atoms with Crippen LogP contribution < -0.4 is 10.6 Å². The zero-order valence-corrected chi connectivity index (χ0v) is 23.4. The third-order valence-corrected chi connectivity index (χ3v) is 10.8. The van der Waals surface area contributed by atoms with Crippen molar-refractivity contribution in [1.29, 1.82) is 0 Å². The van der Waals surface area contributed by atoms with Crippen LogP contribution in [0.15, 0.2) is 54.6 Å². The molecule has 2 unspecified atom stereocenters. The lowest BCUT2D eigenvalue weighted by atomic mass is 9.66. The normalized spacial score (nSPS) is 30.4. The van der Waals surface area contributed by atoms with E-state index in [4.69, 9.17) is 11.6 Å². The van der Waals surface area contributed by atoms with Crippen LogP contribution in [-0.2, 0) is 20.9 Å². The first-order chi connectivity index (χ1) is 18.1. The molecule has 0 aliphatic carbocycles. The minimum atomic E-state index is -0.838. The van der Waals surface area contributed by atoms with E-state index in [1.54, 1.807) is 40.9 Å². The van der Waals surface area contributed by atoms with E-state index in [9.17, 15) is 19.5 Å². The van der Waals surface area contributed by atoms with Crippen molar-refractivity contribution >= 4 is 46.8 Å². The molecule has 2 aromatic rings. The van der Waals surface area contributed by atoms with Crippen LogP contribution in [0.5, 0.6) is 0 Å². The molecule has 6 atom stereocenters. The van der Waals surface area contributed by atoms with Gasteiger partial charge >= 0.3 is 0 Å². The number of hydrogen-bond acceptors (Lipinski definition) is 5. The minimum absolute atomic E-state index is 0.0852. The second kappa shape index (κ2) is 10.2. The molecule has 3 N–H and O–H groups in total. The number of nitrogens with one attached hydrogen (secondary N) is 2. The zero-order chi connectivity index (χ0) is 27.2. The average molecular weight is 556 g/mol. The van der Waals surface area contributed by atoms with Gasteiger partial charge in [-0.25, -0.2) is 0 Å². The topological polar surface area (TPSA) is 98.7 Å². The van der Waals surface area contributed by atoms with Gasteiger partial charge < -0.3 is 20.6 Å². The van der Waals surface area contributed by atoms with Gasteiger partial charge in [-0.3, -0.25) is 14.4 Å².